The maximum Gasteiger partial charge on any atom is 0.274 e. The van der Waals surface area contributed by atoms with Gasteiger partial charge in [0.05, 0.1) is 13.3 Å². The Morgan fingerprint density at radius 2 is 2.15 bits per heavy atom. The van der Waals surface area contributed by atoms with E-state index in [1.54, 1.807) is 23.8 Å². The van der Waals surface area contributed by atoms with Crippen molar-refractivity contribution in [1.82, 2.24) is 9.38 Å². The van der Waals surface area contributed by atoms with Crippen molar-refractivity contribution < 1.29 is 9.53 Å². The summed E-state index contributed by atoms with van der Waals surface area (Å²) in [4.78, 5) is 16.5. The summed E-state index contributed by atoms with van der Waals surface area (Å²) in [6.45, 7) is 0. The van der Waals surface area contributed by atoms with E-state index in [1.807, 2.05) is 42.6 Å². The van der Waals surface area contributed by atoms with Crippen LogP contribution in [0.25, 0.3) is 5.65 Å². The molecule has 0 atom stereocenters. The maximum atomic E-state index is 12.3. The third-order valence-electron chi connectivity index (χ3n) is 2.98. The molecule has 5 nitrogen and oxygen atoms in total. The van der Waals surface area contributed by atoms with E-state index in [4.69, 9.17) is 4.74 Å². The lowest BCUT2D eigenvalue weighted by atomic mass is 10.3. The number of fused-ring (bicyclic) bond motifs is 1. The monoisotopic (exact) mass is 267 g/mol. The number of hydrogen-bond donors (Lipinski definition) is 1. The quantitative estimate of drug-likeness (QED) is 0.793. The molecular weight excluding hydrogens is 254 g/mol. The molecule has 0 saturated heterocycles. The summed E-state index contributed by atoms with van der Waals surface area (Å²) in [5.41, 5.74) is 1.91. The van der Waals surface area contributed by atoms with Gasteiger partial charge in [-0.05, 0) is 24.3 Å². The minimum Gasteiger partial charge on any atom is -0.497 e. The Morgan fingerprint density at radius 1 is 1.25 bits per heavy atom. The average molecular weight is 267 g/mol. The molecular formula is C15H13N3O2. The van der Waals surface area contributed by atoms with Crippen LogP contribution in [-0.2, 0) is 0 Å². The summed E-state index contributed by atoms with van der Waals surface area (Å²) in [7, 11) is 1.59. The molecule has 0 aliphatic rings. The highest BCUT2D eigenvalue weighted by molar-refractivity contribution is 6.03. The number of methoxy groups -OCH3 is 1. The summed E-state index contributed by atoms with van der Waals surface area (Å²) >= 11 is 0. The molecule has 100 valence electrons. The Labute approximate surface area is 115 Å². The molecule has 0 saturated carbocycles. The van der Waals surface area contributed by atoms with Gasteiger partial charge >= 0.3 is 0 Å². The first-order chi connectivity index (χ1) is 9.78. The van der Waals surface area contributed by atoms with Crippen LogP contribution in [0.3, 0.4) is 0 Å². The van der Waals surface area contributed by atoms with E-state index in [9.17, 15) is 4.79 Å². The van der Waals surface area contributed by atoms with Gasteiger partial charge in [0.2, 0.25) is 0 Å². The molecule has 20 heavy (non-hydrogen) atoms. The molecule has 3 aromatic rings. The van der Waals surface area contributed by atoms with Crippen molar-refractivity contribution in [3.05, 3.63) is 60.6 Å². The molecule has 2 heterocycles. The van der Waals surface area contributed by atoms with Crippen molar-refractivity contribution in [3.63, 3.8) is 0 Å². The number of hydrogen-bond acceptors (Lipinski definition) is 3. The van der Waals surface area contributed by atoms with E-state index in [0.717, 1.165) is 5.65 Å². The van der Waals surface area contributed by atoms with E-state index < -0.39 is 0 Å². The molecule has 1 aromatic carbocycles. The van der Waals surface area contributed by atoms with E-state index in [2.05, 4.69) is 10.3 Å². The highest BCUT2D eigenvalue weighted by Gasteiger charge is 2.11. The number of ether oxygens (including phenoxy) is 1. The lowest BCUT2D eigenvalue weighted by molar-refractivity contribution is 0.102. The summed E-state index contributed by atoms with van der Waals surface area (Å²) < 4.78 is 6.87. The van der Waals surface area contributed by atoms with Crippen LogP contribution >= 0.6 is 0 Å². The summed E-state index contributed by atoms with van der Waals surface area (Å²) in [5, 5.41) is 2.83. The molecule has 0 fully saturated rings. The van der Waals surface area contributed by atoms with Gasteiger partial charge in [-0.15, -0.1) is 0 Å². The Hall–Kier alpha value is -2.82. The first-order valence-corrected chi connectivity index (χ1v) is 6.15. The first-order valence-electron chi connectivity index (χ1n) is 6.15. The average Bonchev–Trinajstić information content (AvgIpc) is 2.91. The Morgan fingerprint density at radius 3 is 3.00 bits per heavy atom. The minimum absolute atomic E-state index is 0.211. The number of amides is 1. The zero-order valence-electron chi connectivity index (χ0n) is 10.9. The van der Waals surface area contributed by atoms with Crippen LogP contribution in [0, 0.1) is 0 Å². The SMILES string of the molecule is COc1cccc(NC(=O)c2cnc3ccccn23)c1. The van der Waals surface area contributed by atoms with Crippen LogP contribution in [0.5, 0.6) is 5.75 Å². The summed E-state index contributed by atoms with van der Waals surface area (Å²) in [6.07, 6.45) is 3.37. The zero-order valence-corrected chi connectivity index (χ0v) is 10.9. The number of anilines is 1. The summed E-state index contributed by atoms with van der Waals surface area (Å²) in [5.74, 6) is 0.484. The number of nitrogens with one attached hydrogen (secondary N) is 1. The van der Waals surface area contributed by atoms with Gasteiger partial charge < -0.3 is 10.1 Å². The second-order valence-electron chi connectivity index (χ2n) is 4.26. The van der Waals surface area contributed by atoms with Gasteiger partial charge in [-0.1, -0.05) is 12.1 Å². The maximum absolute atomic E-state index is 12.3. The second-order valence-corrected chi connectivity index (χ2v) is 4.26. The minimum atomic E-state index is -0.211. The number of aromatic nitrogens is 2. The van der Waals surface area contributed by atoms with E-state index in [-0.39, 0.29) is 5.91 Å². The largest absolute Gasteiger partial charge is 0.497 e. The third-order valence-corrected chi connectivity index (χ3v) is 2.98. The van der Waals surface area contributed by atoms with Crippen LogP contribution < -0.4 is 10.1 Å². The molecule has 0 unspecified atom stereocenters. The van der Waals surface area contributed by atoms with Gasteiger partial charge in [0.25, 0.3) is 5.91 Å². The molecule has 0 bridgehead atoms. The van der Waals surface area contributed by atoms with Gasteiger partial charge in [0.1, 0.15) is 17.1 Å². The number of imidazole rings is 1. The molecule has 2 aromatic heterocycles. The Balaban J connectivity index is 1.89. The van der Waals surface area contributed by atoms with Crippen molar-refractivity contribution in [3.8, 4) is 5.75 Å². The molecule has 5 heteroatoms. The number of benzene rings is 1. The molecule has 0 aliphatic carbocycles. The lowest BCUT2D eigenvalue weighted by Gasteiger charge is -2.06. The number of carbonyl (C=O) groups is 1. The highest BCUT2D eigenvalue weighted by Crippen LogP contribution is 2.17. The third kappa shape index (κ3) is 2.21. The topological polar surface area (TPSA) is 55.6 Å². The number of pyridine rings is 1. The standard InChI is InChI=1S/C15H13N3O2/c1-20-12-6-4-5-11(9-12)17-15(19)13-10-16-14-7-2-3-8-18(13)14/h2-10H,1H3,(H,17,19). The van der Waals surface area contributed by atoms with Gasteiger partial charge in [-0.25, -0.2) is 4.98 Å². The smallest absolute Gasteiger partial charge is 0.274 e. The van der Waals surface area contributed by atoms with E-state index >= 15 is 0 Å². The van der Waals surface area contributed by atoms with Crippen molar-refractivity contribution in [2.45, 2.75) is 0 Å². The zero-order chi connectivity index (χ0) is 13.9. The van der Waals surface area contributed by atoms with Crippen LogP contribution in [0.1, 0.15) is 10.5 Å². The fourth-order valence-corrected chi connectivity index (χ4v) is 2.00. The Bertz CT molecular complexity index is 764. The fourth-order valence-electron chi connectivity index (χ4n) is 2.00. The van der Waals surface area contributed by atoms with Gasteiger partial charge in [-0.3, -0.25) is 9.20 Å². The normalized spacial score (nSPS) is 10.4. The molecule has 0 radical (unpaired) electrons. The van der Waals surface area contributed by atoms with Gasteiger partial charge in [-0.2, -0.15) is 0 Å². The molecule has 1 amide bonds. The number of carbonyl (C=O) groups excluding carboxylic acids is 1. The predicted molar refractivity (Wildman–Crippen MR) is 76.1 cm³/mol. The van der Waals surface area contributed by atoms with E-state index in [0.29, 0.717) is 17.1 Å². The van der Waals surface area contributed by atoms with Crippen LogP contribution in [0.15, 0.2) is 54.9 Å². The first kappa shape index (κ1) is 12.2. The van der Waals surface area contributed by atoms with Crippen molar-refractivity contribution in [2.75, 3.05) is 12.4 Å². The summed E-state index contributed by atoms with van der Waals surface area (Å²) in [6, 6.07) is 12.8. The molecule has 1 N–H and O–H groups in total. The van der Waals surface area contributed by atoms with Crippen LogP contribution in [0.2, 0.25) is 0 Å². The number of rotatable bonds is 3. The van der Waals surface area contributed by atoms with Crippen LogP contribution in [-0.4, -0.2) is 22.4 Å². The van der Waals surface area contributed by atoms with E-state index in [1.165, 1.54) is 0 Å². The highest BCUT2D eigenvalue weighted by atomic mass is 16.5. The molecule has 0 aliphatic heterocycles. The lowest BCUT2D eigenvalue weighted by Crippen LogP contribution is -2.14. The second kappa shape index (κ2) is 5.05. The fraction of sp³-hybridized carbons (Fsp3) is 0.0667. The van der Waals surface area contributed by atoms with Gasteiger partial charge in [0.15, 0.2) is 0 Å². The van der Waals surface area contributed by atoms with Crippen LogP contribution in [0.4, 0.5) is 5.69 Å². The van der Waals surface area contributed by atoms with Crippen molar-refractivity contribution in [2.24, 2.45) is 0 Å². The molecule has 3 rings (SSSR count). The van der Waals surface area contributed by atoms with Crippen molar-refractivity contribution in [1.29, 1.82) is 0 Å². The van der Waals surface area contributed by atoms with Crippen molar-refractivity contribution >= 4 is 17.2 Å². The van der Waals surface area contributed by atoms with Gasteiger partial charge in [0, 0.05) is 18.0 Å². The Kier molecular flexibility index (Phi) is 3.09. The predicted octanol–water partition coefficient (Wildman–Crippen LogP) is 2.60. The molecule has 0 spiro atoms. The number of nitrogens with zero attached hydrogens (tertiary/aromatic N) is 2.